The maximum atomic E-state index is 10.5. The van der Waals surface area contributed by atoms with Crippen LogP contribution in [0.2, 0.25) is 0 Å². The second-order valence-corrected chi connectivity index (χ2v) is 11.8. The van der Waals surface area contributed by atoms with E-state index in [0.29, 0.717) is 0 Å². The van der Waals surface area contributed by atoms with E-state index in [1.807, 2.05) is 21.3 Å². The van der Waals surface area contributed by atoms with Gasteiger partial charge in [-0.25, -0.2) is 0 Å². The van der Waals surface area contributed by atoms with Crippen molar-refractivity contribution in [1.29, 1.82) is 0 Å². The second kappa shape index (κ2) is 7.84. The van der Waals surface area contributed by atoms with Gasteiger partial charge in [0.25, 0.3) is 0 Å². The van der Waals surface area contributed by atoms with Crippen LogP contribution in [0.5, 0.6) is 0 Å². The fraction of sp³-hybridized carbons (Fsp3) is 0.760. The van der Waals surface area contributed by atoms with E-state index in [-0.39, 0.29) is 5.60 Å². The summed E-state index contributed by atoms with van der Waals surface area (Å²) in [6, 6.07) is 4.23. The van der Waals surface area contributed by atoms with E-state index < -0.39 is 29.5 Å². The third kappa shape index (κ3) is 3.98. The van der Waals surface area contributed by atoms with Crippen LogP contribution in [0.1, 0.15) is 92.2 Å². The minimum atomic E-state index is -0.970. The molecule has 1 aromatic carbocycles. The smallest absolute Gasteiger partial charge is 0.427 e. The van der Waals surface area contributed by atoms with Crippen LogP contribution in [0.25, 0.3) is 0 Å². The highest BCUT2D eigenvalue weighted by Crippen LogP contribution is 2.45. The van der Waals surface area contributed by atoms with Gasteiger partial charge in [-0.15, -0.1) is 0 Å². The molecule has 1 unspecified atom stereocenters. The van der Waals surface area contributed by atoms with Gasteiger partial charge < -0.3 is 23.8 Å². The first-order valence-corrected chi connectivity index (χ1v) is 12.1. The molecular weight excluding hydrogens is 402 g/mol. The van der Waals surface area contributed by atoms with E-state index in [1.165, 1.54) is 11.1 Å². The van der Waals surface area contributed by atoms with E-state index in [0.717, 1.165) is 49.6 Å². The van der Waals surface area contributed by atoms with Gasteiger partial charge in [-0.1, -0.05) is 12.1 Å². The average molecular weight is 441 g/mol. The van der Waals surface area contributed by atoms with Crippen LogP contribution in [0.4, 0.5) is 0 Å². The lowest BCUT2D eigenvalue weighted by molar-refractivity contribution is -0.0893. The Bertz CT molecular complexity index is 850. The zero-order valence-electron chi connectivity index (χ0n) is 21.1. The maximum Gasteiger partial charge on any atom is 0.495 e. The first kappa shape index (κ1) is 24.3. The highest BCUT2D eigenvalue weighted by Gasteiger charge is 2.54. The van der Waals surface area contributed by atoms with Crippen molar-refractivity contribution < 1.29 is 23.8 Å². The lowest BCUT2D eigenvalue weighted by Crippen LogP contribution is -2.51. The number of ether oxygens (including phenoxy) is 1. The van der Waals surface area contributed by atoms with Gasteiger partial charge in [0.1, 0.15) is 0 Å². The molecule has 4 rings (SSSR count). The van der Waals surface area contributed by atoms with Crippen molar-refractivity contribution in [2.45, 2.75) is 115 Å². The summed E-state index contributed by atoms with van der Waals surface area (Å²) >= 11 is 0. The van der Waals surface area contributed by atoms with Gasteiger partial charge in [-0.2, -0.15) is 0 Å². The van der Waals surface area contributed by atoms with Crippen LogP contribution in [-0.4, -0.2) is 48.7 Å². The Morgan fingerprint density at radius 2 is 1.62 bits per heavy atom. The molecule has 3 aliphatic rings. The molecule has 0 bridgehead atoms. The molecule has 1 aliphatic carbocycles. The van der Waals surface area contributed by atoms with Crippen molar-refractivity contribution in [3.63, 3.8) is 0 Å². The fourth-order valence-corrected chi connectivity index (χ4v) is 4.89. The highest BCUT2D eigenvalue weighted by atomic mass is 16.7. The Morgan fingerprint density at radius 3 is 2.19 bits per heavy atom. The molecule has 1 atom stereocenters. The largest absolute Gasteiger partial charge is 0.495 e. The molecule has 1 radical (unpaired) electrons. The maximum absolute atomic E-state index is 10.5. The van der Waals surface area contributed by atoms with E-state index >= 15 is 0 Å². The summed E-state index contributed by atoms with van der Waals surface area (Å²) in [6.45, 7) is 16.5. The molecule has 5 nitrogen and oxygen atoms in total. The van der Waals surface area contributed by atoms with Crippen molar-refractivity contribution in [2.24, 2.45) is 0 Å². The van der Waals surface area contributed by atoms with Crippen LogP contribution in [0, 0.1) is 0 Å². The van der Waals surface area contributed by atoms with Crippen LogP contribution in [0.3, 0.4) is 0 Å². The van der Waals surface area contributed by atoms with Crippen LogP contribution < -0.4 is 10.9 Å². The van der Waals surface area contributed by atoms with Crippen LogP contribution in [-0.2, 0) is 30.7 Å². The van der Waals surface area contributed by atoms with Crippen molar-refractivity contribution in [3.8, 4) is 0 Å². The predicted molar refractivity (Wildman–Crippen MR) is 129 cm³/mol. The first-order chi connectivity index (χ1) is 14.7. The molecule has 2 fully saturated rings. The number of hydrogen-bond acceptors (Lipinski definition) is 5. The minimum Gasteiger partial charge on any atom is -0.427 e. The van der Waals surface area contributed by atoms with Crippen molar-refractivity contribution in [2.75, 3.05) is 6.61 Å². The summed E-state index contributed by atoms with van der Waals surface area (Å²) in [4.78, 5) is 0. The number of aliphatic hydroxyl groups is 1. The van der Waals surface area contributed by atoms with Crippen LogP contribution in [0.15, 0.2) is 12.1 Å². The monoisotopic (exact) mass is 441 g/mol. The van der Waals surface area contributed by atoms with Crippen molar-refractivity contribution >= 4 is 25.5 Å². The molecule has 1 spiro atoms. The molecule has 175 valence electrons. The Morgan fingerprint density at radius 1 is 1.00 bits per heavy atom. The molecule has 0 saturated carbocycles. The van der Waals surface area contributed by atoms with Gasteiger partial charge in [0.05, 0.1) is 28.0 Å². The molecule has 0 aromatic heterocycles. The number of benzene rings is 1. The van der Waals surface area contributed by atoms with Gasteiger partial charge >= 0.3 is 14.6 Å². The zero-order chi connectivity index (χ0) is 23.6. The highest BCUT2D eigenvalue weighted by molar-refractivity contribution is 6.63. The van der Waals surface area contributed by atoms with Gasteiger partial charge in [0.15, 0.2) is 0 Å². The average Bonchev–Trinajstić information content (AvgIpc) is 3.21. The van der Waals surface area contributed by atoms with E-state index in [2.05, 4.69) is 39.8 Å². The Hall–Kier alpha value is -0.850. The predicted octanol–water partition coefficient (Wildman–Crippen LogP) is 3.14. The van der Waals surface area contributed by atoms with Gasteiger partial charge in [0, 0.05) is 6.61 Å². The van der Waals surface area contributed by atoms with E-state index in [9.17, 15) is 5.11 Å². The molecule has 1 N–H and O–H groups in total. The summed E-state index contributed by atoms with van der Waals surface area (Å²) in [5.41, 5.74) is 1.87. The first-order valence-electron chi connectivity index (χ1n) is 12.1. The molecule has 2 saturated heterocycles. The fourth-order valence-electron chi connectivity index (χ4n) is 4.89. The number of rotatable bonds is 5. The molecule has 2 aliphatic heterocycles. The van der Waals surface area contributed by atoms with Gasteiger partial charge in [-0.05, 0) is 110 Å². The molecular formula is C25H39B2O5. The normalized spacial score (nSPS) is 27.1. The van der Waals surface area contributed by atoms with E-state index in [4.69, 9.17) is 18.7 Å². The number of fused-ring (bicyclic) bond motifs is 2. The Labute approximate surface area is 195 Å². The van der Waals surface area contributed by atoms with Crippen LogP contribution >= 0.6 is 0 Å². The van der Waals surface area contributed by atoms with Crippen molar-refractivity contribution in [3.05, 3.63) is 23.3 Å². The standard InChI is InChI=1S/C25H39B2O5/c1-21(2,28)22(3,4)30-26-18-12-13-19(27-31-23(5,6)24(7,8)32-27)20-17(18)11-9-14-25(20)15-10-16-29-25/h12-13,28H,9-11,14-16H2,1-8H3. The molecule has 2 heterocycles. The Balaban J connectivity index is 1.75. The summed E-state index contributed by atoms with van der Waals surface area (Å²) < 4.78 is 25.5. The quantitative estimate of drug-likeness (QED) is 0.712. The summed E-state index contributed by atoms with van der Waals surface area (Å²) in [5, 5.41) is 10.5. The Kier molecular flexibility index (Phi) is 5.95. The summed E-state index contributed by atoms with van der Waals surface area (Å²) in [7, 11) is 1.40. The lowest BCUT2D eigenvalue weighted by atomic mass is 9.62. The minimum absolute atomic E-state index is 0.276. The van der Waals surface area contributed by atoms with Crippen molar-refractivity contribution in [1.82, 2.24) is 0 Å². The third-order valence-electron chi connectivity index (χ3n) is 8.41. The lowest BCUT2D eigenvalue weighted by Gasteiger charge is -2.40. The van der Waals surface area contributed by atoms with Gasteiger partial charge in [0.2, 0.25) is 0 Å². The molecule has 0 amide bonds. The summed E-state index contributed by atoms with van der Waals surface area (Å²) in [5.74, 6) is 0. The second-order valence-electron chi connectivity index (χ2n) is 11.8. The topological polar surface area (TPSA) is 57.2 Å². The van der Waals surface area contributed by atoms with Gasteiger partial charge in [-0.3, -0.25) is 0 Å². The number of hydrogen-bond donors (Lipinski definition) is 1. The SMILES string of the molecule is CC(C)(O)C(C)(C)O[B]c1ccc(B2OC(C)(C)C(C)(C)O2)c2c1CCCC21CCCO1. The molecule has 7 heteroatoms. The molecule has 32 heavy (non-hydrogen) atoms. The summed E-state index contributed by atoms with van der Waals surface area (Å²) in [6.07, 6.45) is 5.15. The molecule has 1 aromatic rings. The van der Waals surface area contributed by atoms with E-state index in [1.54, 1.807) is 13.8 Å². The zero-order valence-corrected chi connectivity index (χ0v) is 21.1. The third-order valence-corrected chi connectivity index (χ3v) is 8.41.